The van der Waals surface area contributed by atoms with E-state index in [1.54, 1.807) is 0 Å². The Bertz CT molecular complexity index is 649. The number of rotatable bonds is 2. The van der Waals surface area contributed by atoms with Gasteiger partial charge in [-0.1, -0.05) is 81.4 Å². The molecule has 104 valence electrons. The summed E-state index contributed by atoms with van der Waals surface area (Å²) in [6.07, 6.45) is 5.43. The van der Waals surface area contributed by atoms with Gasteiger partial charge in [0.25, 0.3) is 0 Å². The van der Waals surface area contributed by atoms with Crippen LogP contribution in [-0.4, -0.2) is 8.07 Å². The minimum Gasteiger partial charge on any atom is -0.106 e. The zero-order valence-electron chi connectivity index (χ0n) is 12.9. The third kappa shape index (κ3) is 2.80. The normalized spacial score (nSPS) is 11.1. The molecule has 0 atom stereocenters. The van der Waals surface area contributed by atoms with Crippen molar-refractivity contribution in [1.82, 2.24) is 0 Å². The molecule has 2 rings (SSSR count). The van der Waals surface area contributed by atoms with Gasteiger partial charge in [-0.3, -0.25) is 0 Å². The SMILES string of the molecule is C#CC#C[Si](c1ccccc1)(c1ccccc1)C(C)(C)C. The van der Waals surface area contributed by atoms with E-state index in [1.165, 1.54) is 10.4 Å². The van der Waals surface area contributed by atoms with Crippen molar-refractivity contribution in [2.45, 2.75) is 25.8 Å². The predicted molar refractivity (Wildman–Crippen MR) is 94.2 cm³/mol. The van der Waals surface area contributed by atoms with Gasteiger partial charge in [-0.2, -0.15) is 0 Å². The van der Waals surface area contributed by atoms with Gasteiger partial charge in [0.05, 0.1) is 0 Å². The van der Waals surface area contributed by atoms with E-state index >= 15 is 0 Å². The molecule has 0 saturated heterocycles. The first kappa shape index (κ1) is 15.2. The Labute approximate surface area is 129 Å². The van der Waals surface area contributed by atoms with Crippen molar-refractivity contribution in [3.63, 3.8) is 0 Å². The lowest BCUT2D eigenvalue weighted by molar-refractivity contribution is 0.740. The second-order valence-electron chi connectivity index (χ2n) is 6.13. The van der Waals surface area contributed by atoms with Crippen molar-refractivity contribution in [3.05, 3.63) is 60.7 Å². The minimum absolute atomic E-state index is 0.0412. The van der Waals surface area contributed by atoms with Crippen molar-refractivity contribution >= 4 is 18.4 Å². The molecule has 1 heteroatoms. The highest BCUT2D eigenvalue weighted by atomic mass is 28.3. The van der Waals surface area contributed by atoms with Crippen LogP contribution in [0.2, 0.25) is 5.04 Å². The van der Waals surface area contributed by atoms with Gasteiger partial charge >= 0.3 is 0 Å². The van der Waals surface area contributed by atoms with Gasteiger partial charge in [0.15, 0.2) is 0 Å². The molecule has 0 bridgehead atoms. The van der Waals surface area contributed by atoms with Crippen LogP contribution in [0.4, 0.5) is 0 Å². The summed E-state index contributed by atoms with van der Waals surface area (Å²) in [4.78, 5) is 0. The molecule has 0 N–H and O–H groups in total. The molecule has 0 aliphatic rings. The summed E-state index contributed by atoms with van der Waals surface area (Å²) < 4.78 is 0. The smallest absolute Gasteiger partial charge is 0.106 e. The van der Waals surface area contributed by atoms with Crippen LogP contribution in [0, 0.1) is 23.8 Å². The van der Waals surface area contributed by atoms with E-state index in [0.29, 0.717) is 0 Å². The highest BCUT2D eigenvalue weighted by Gasteiger charge is 2.46. The highest BCUT2D eigenvalue weighted by Crippen LogP contribution is 2.35. The minimum atomic E-state index is -2.27. The van der Waals surface area contributed by atoms with Gasteiger partial charge < -0.3 is 0 Å². The maximum atomic E-state index is 5.43. The standard InChI is InChI=1S/C20H20Si/c1-5-6-17-21(20(2,3)4,18-13-9-7-10-14-18)19-15-11-8-12-16-19/h1,7-16H,2-4H3. The van der Waals surface area contributed by atoms with Crippen LogP contribution in [0.1, 0.15) is 20.8 Å². The summed E-state index contributed by atoms with van der Waals surface area (Å²) in [7, 11) is -2.27. The van der Waals surface area contributed by atoms with Crippen molar-refractivity contribution < 1.29 is 0 Å². The van der Waals surface area contributed by atoms with Gasteiger partial charge in [-0.05, 0) is 27.3 Å². The maximum absolute atomic E-state index is 5.43. The zero-order chi connectivity index (χ0) is 15.3. The average molecular weight is 288 g/mol. The van der Waals surface area contributed by atoms with Gasteiger partial charge in [-0.15, -0.1) is 12.0 Å². The van der Waals surface area contributed by atoms with Crippen molar-refractivity contribution in [2.24, 2.45) is 0 Å². The Morgan fingerprint density at radius 1 is 0.810 bits per heavy atom. The molecule has 0 aliphatic heterocycles. The van der Waals surface area contributed by atoms with Gasteiger partial charge in [0.1, 0.15) is 0 Å². The first-order valence-corrected chi connectivity index (χ1v) is 9.11. The van der Waals surface area contributed by atoms with Gasteiger partial charge in [0.2, 0.25) is 8.07 Å². The van der Waals surface area contributed by atoms with E-state index < -0.39 is 8.07 Å². The second kappa shape index (κ2) is 6.04. The predicted octanol–water partition coefficient (Wildman–Crippen LogP) is 3.23. The molecule has 0 nitrogen and oxygen atoms in total. The molecule has 0 unspecified atom stereocenters. The molecule has 0 radical (unpaired) electrons. The molecule has 0 saturated carbocycles. The molecular weight excluding hydrogens is 268 g/mol. The molecule has 0 fully saturated rings. The molecule has 0 spiro atoms. The van der Waals surface area contributed by atoms with Gasteiger partial charge in [-0.25, -0.2) is 0 Å². The van der Waals surface area contributed by atoms with E-state index in [9.17, 15) is 0 Å². The molecule has 2 aromatic rings. The van der Waals surface area contributed by atoms with Crippen molar-refractivity contribution in [3.8, 4) is 23.8 Å². The topological polar surface area (TPSA) is 0 Å². The molecule has 2 aromatic carbocycles. The fourth-order valence-corrected chi connectivity index (χ4v) is 7.24. The summed E-state index contributed by atoms with van der Waals surface area (Å²) in [5.41, 5.74) is 3.51. The van der Waals surface area contributed by atoms with Crippen LogP contribution in [0.5, 0.6) is 0 Å². The lowest BCUT2D eigenvalue weighted by Crippen LogP contribution is -2.63. The molecule has 0 heterocycles. The number of hydrogen-bond donors (Lipinski definition) is 0. The Morgan fingerprint density at radius 3 is 1.57 bits per heavy atom. The van der Waals surface area contributed by atoms with Crippen molar-refractivity contribution in [2.75, 3.05) is 0 Å². The molecular formula is C20H20Si. The fraction of sp³-hybridized carbons (Fsp3) is 0.200. The van der Waals surface area contributed by atoms with E-state index in [1.807, 2.05) is 12.1 Å². The van der Waals surface area contributed by atoms with E-state index in [2.05, 4.69) is 86.7 Å². The largest absolute Gasteiger partial charge is 0.205 e. The lowest BCUT2D eigenvalue weighted by Gasteiger charge is -2.39. The quantitative estimate of drug-likeness (QED) is 0.588. The first-order valence-electron chi connectivity index (χ1n) is 7.11. The molecule has 21 heavy (non-hydrogen) atoms. The number of benzene rings is 2. The monoisotopic (exact) mass is 288 g/mol. The average Bonchev–Trinajstić information content (AvgIpc) is 2.49. The summed E-state index contributed by atoms with van der Waals surface area (Å²) in [5, 5.41) is 2.66. The first-order chi connectivity index (χ1) is 10.0. The fourth-order valence-electron chi connectivity index (χ4n) is 2.87. The van der Waals surface area contributed by atoms with Crippen LogP contribution >= 0.6 is 0 Å². The van der Waals surface area contributed by atoms with Crippen LogP contribution in [0.15, 0.2) is 60.7 Å². The van der Waals surface area contributed by atoms with E-state index in [0.717, 1.165) is 0 Å². The second-order valence-corrected chi connectivity index (χ2v) is 10.5. The lowest BCUT2D eigenvalue weighted by atomic mass is 10.2. The third-order valence-electron chi connectivity index (χ3n) is 3.86. The summed E-state index contributed by atoms with van der Waals surface area (Å²) in [6.45, 7) is 6.80. The van der Waals surface area contributed by atoms with Gasteiger partial charge in [0, 0.05) is 0 Å². The van der Waals surface area contributed by atoms with Crippen LogP contribution < -0.4 is 10.4 Å². The Kier molecular flexibility index (Phi) is 4.37. The number of hydrogen-bond acceptors (Lipinski definition) is 0. The highest BCUT2D eigenvalue weighted by molar-refractivity contribution is 7.10. The Balaban J connectivity index is 2.83. The molecule has 0 amide bonds. The summed E-state index contributed by atoms with van der Waals surface area (Å²) in [5.74, 6) is 5.44. The Morgan fingerprint density at radius 2 is 1.24 bits per heavy atom. The molecule has 0 aliphatic carbocycles. The van der Waals surface area contributed by atoms with Crippen LogP contribution in [-0.2, 0) is 0 Å². The zero-order valence-corrected chi connectivity index (χ0v) is 13.9. The van der Waals surface area contributed by atoms with Crippen LogP contribution in [0.3, 0.4) is 0 Å². The van der Waals surface area contributed by atoms with E-state index in [4.69, 9.17) is 6.42 Å². The summed E-state index contributed by atoms with van der Waals surface area (Å²) >= 11 is 0. The summed E-state index contributed by atoms with van der Waals surface area (Å²) in [6, 6.07) is 21.2. The van der Waals surface area contributed by atoms with E-state index in [-0.39, 0.29) is 5.04 Å². The Hall–Kier alpha value is -2.22. The number of terminal acetylenes is 1. The maximum Gasteiger partial charge on any atom is 0.205 e. The molecule has 0 aromatic heterocycles. The third-order valence-corrected chi connectivity index (χ3v) is 9.01. The van der Waals surface area contributed by atoms with Crippen molar-refractivity contribution in [1.29, 1.82) is 0 Å². The van der Waals surface area contributed by atoms with Crippen LogP contribution in [0.25, 0.3) is 0 Å².